The van der Waals surface area contributed by atoms with Gasteiger partial charge in [0.1, 0.15) is 5.75 Å². The summed E-state index contributed by atoms with van der Waals surface area (Å²) in [6.07, 6.45) is 0. The summed E-state index contributed by atoms with van der Waals surface area (Å²) in [5, 5.41) is 17.9. The number of aromatic carboxylic acids is 1. The van der Waals surface area contributed by atoms with Crippen LogP contribution in [0.1, 0.15) is 27.0 Å². The lowest BCUT2D eigenvalue weighted by molar-refractivity contribution is 0.0687. The molecule has 0 amide bonds. The Labute approximate surface area is 107 Å². The fraction of sp³-hybridized carbons (Fsp3) is 0.0833. The quantitative estimate of drug-likeness (QED) is 0.804. The van der Waals surface area contributed by atoms with Crippen LogP contribution in [0, 0.1) is 11.8 Å². The predicted molar refractivity (Wildman–Crippen MR) is 62.4 cm³/mol. The van der Waals surface area contributed by atoms with E-state index in [9.17, 15) is 4.79 Å². The van der Waals surface area contributed by atoms with E-state index in [1.165, 1.54) is 6.07 Å². The largest absolute Gasteiger partial charge is 0.476 e. The third kappa shape index (κ3) is 2.47. The molecule has 0 aliphatic heterocycles. The van der Waals surface area contributed by atoms with E-state index in [0.717, 1.165) is 0 Å². The van der Waals surface area contributed by atoms with Gasteiger partial charge in [-0.3, -0.25) is 0 Å². The van der Waals surface area contributed by atoms with Gasteiger partial charge in [-0.15, -0.1) is 11.0 Å². The molecule has 0 saturated carbocycles. The van der Waals surface area contributed by atoms with Gasteiger partial charge < -0.3 is 9.84 Å². The lowest BCUT2D eigenvalue weighted by atomic mass is 10.2. The predicted octanol–water partition coefficient (Wildman–Crippen LogP) is 1.67. The number of nitrogens with one attached hydrogen (secondary N) is 1. The third-order valence-electron chi connectivity index (χ3n) is 1.98. The van der Waals surface area contributed by atoms with Gasteiger partial charge in [-0.25, -0.2) is 9.89 Å². The zero-order valence-electron chi connectivity index (χ0n) is 12.0. The number of rotatable bonds is 3. The maximum atomic E-state index is 10.9. The Kier molecular flexibility index (Phi) is 2.31. The van der Waals surface area contributed by atoms with Crippen molar-refractivity contribution in [2.45, 2.75) is 6.85 Å². The molecule has 2 rings (SSSR count). The smallest absolute Gasteiger partial charge is 0.362 e. The summed E-state index contributed by atoms with van der Waals surface area (Å²) in [6, 6.07) is 6.25. The molecule has 0 aliphatic carbocycles. The third-order valence-corrected chi connectivity index (χ3v) is 1.98. The van der Waals surface area contributed by atoms with Crippen LogP contribution in [-0.4, -0.2) is 26.5 Å². The van der Waals surface area contributed by atoms with E-state index in [1.807, 2.05) is 0 Å². The minimum atomic E-state index is -2.35. The minimum absolute atomic E-state index is 0.122. The van der Waals surface area contributed by atoms with Crippen LogP contribution in [0.2, 0.25) is 0 Å². The summed E-state index contributed by atoms with van der Waals surface area (Å²) in [5.74, 6) is 3.49. The molecule has 0 radical (unpaired) electrons. The van der Waals surface area contributed by atoms with Gasteiger partial charge in [0.25, 0.3) is 5.88 Å². The highest BCUT2D eigenvalue weighted by Gasteiger charge is 2.16. The summed E-state index contributed by atoms with van der Waals surface area (Å²) in [5.41, 5.74) is 0.0713. The lowest BCUT2D eigenvalue weighted by Crippen LogP contribution is -1.99. The summed E-state index contributed by atoms with van der Waals surface area (Å²) >= 11 is 0. The Balaban J connectivity index is 2.23. The molecule has 0 atom stereocenters. The number of hydrogen-bond acceptors (Lipinski definition) is 4. The molecular weight excluding hydrogens is 234 g/mol. The van der Waals surface area contributed by atoms with Crippen LogP contribution < -0.4 is 4.74 Å². The molecule has 1 heterocycles. The van der Waals surface area contributed by atoms with Gasteiger partial charge in [-0.2, -0.15) is 0 Å². The monoisotopic (exact) mass is 246 g/mol. The fourth-order valence-corrected chi connectivity index (χ4v) is 1.26. The Hall–Kier alpha value is -2.81. The van der Waals surface area contributed by atoms with Crippen LogP contribution >= 0.6 is 0 Å². The van der Waals surface area contributed by atoms with Crippen LogP contribution in [0.3, 0.4) is 0 Å². The van der Waals surface area contributed by atoms with Gasteiger partial charge in [0.2, 0.25) is 5.69 Å². The van der Waals surface area contributed by atoms with E-state index in [4.69, 9.17) is 14.0 Å². The van der Waals surface area contributed by atoms with Crippen LogP contribution in [0.25, 0.3) is 0 Å². The van der Waals surface area contributed by atoms with E-state index < -0.39 is 12.8 Å². The number of nitrogens with zero attached hydrogens (tertiary/aromatic N) is 2. The Morgan fingerprint density at radius 2 is 2.50 bits per heavy atom. The molecular formula is C12H9N3O3. The molecule has 2 N–H and O–H groups in total. The van der Waals surface area contributed by atoms with Crippen molar-refractivity contribution in [1.29, 1.82) is 0 Å². The summed E-state index contributed by atoms with van der Waals surface area (Å²) < 4.78 is 26.3. The number of ether oxygens (including phenoxy) is 1. The number of benzene rings is 1. The topological polar surface area (TPSA) is 88.1 Å². The molecule has 0 bridgehead atoms. The average molecular weight is 246 g/mol. The molecule has 0 saturated heterocycles. The van der Waals surface area contributed by atoms with Crippen molar-refractivity contribution < 1.29 is 18.8 Å². The van der Waals surface area contributed by atoms with E-state index in [0.29, 0.717) is 5.56 Å². The molecule has 1 aromatic carbocycles. The molecule has 0 aliphatic rings. The number of carboxylic acid groups (broad SMARTS) is 1. The molecule has 0 spiro atoms. The van der Waals surface area contributed by atoms with E-state index in [-0.39, 0.29) is 17.3 Å². The average Bonchev–Trinajstić information content (AvgIpc) is 2.84. The second-order valence-electron chi connectivity index (χ2n) is 3.17. The van der Waals surface area contributed by atoms with Crippen molar-refractivity contribution in [2.24, 2.45) is 0 Å². The molecule has 0 unspecified atom stereocenters. The molecule has 90 valence electrons. The Morgan fingerprint density at radius 1 is 1.61 bits per heavy atom. The number of aromatic amines is 1. The number of hydrogen-bond donors (Lipinski definition) is 2. The highest BCUT2D eigenvalue weighted by molar-refractivity contribution is 5.87. The first-order chi connectivity index (χ1) is 9.85. The standard InChI is InChI=1S/C12H9N3O3/c1-2-4-8-5-3-6-9(7-8)18-11-10(12(16)17)13-15-14-11/h3,5-7H,1H3,(H,16,17)(H,13,14,15)/i1D3. The second-order valence-corrected chi connectivity index (χ2v) is 3.17. The van der Waals surface area contributed by atoms with Gasteiger partial charge in [0.05, 0.1) is 0 Å². The van der Waals surface area contributed by atoms with E-state index in [2.05, 4.69) is 27.3 Å². The molecule has 18 heavy (non-hydrogen) atoms. The SMILES string of the molecule is [2H]C([2H])([2H])C#Cc1cccc(Oc2[nH]nnc2C(=O)O)c1. The zero-order chi connectivity index (χ0) is 15.5. The first kappa shape index (κ1) is 8.31. The lowest BCUT2D eigenvalue weighted by Gasteiger charge is -2.03. The van der Waals surface area contributed by atoms with Gasteiger partial charge in [0, 0.05) is 9.68 Å². The number of aromatic nitrogens is 3. The van der Waals surface area contributed by atoms with Crippen LogP contribution in [0.5, 0.6) is 11.6 Å². The summed E-state index contributed by atoms with van der Waals surface area (Å²) in [4.78, 5) is 10.9. The molecule has 2 aromatic rings. The van der Waals surface area contributed by atoms with E-state index in [1.54, 1.807) is 18.2 Å². The maximum Gasteiger partial charge on any atom is 0.362 e. The summed E-state index contributed by atoms with van der Waals surface area (Å²) in [6.45, 7) is -2.35. The summed E-state index contributed by atoms with van der Waals surface area (Å²) in [7, 11) is 0. The molecule has 6 heteroatoms. The fourth-order valence-electron chi connectivity index (χ4n) is 1.26. The minimum Gasteiger partial charge on any atom is -0.476 e. The zero-order valence-corrected chi connectivity index (χ0v) is 8.97. The first-order valence-electron chi connectivity index (χ1n) is 6.30. The van der Waals surface area contributed by atoms with Crippen molar-refractivity contribution >= 4 is 5.97 Å². The van der Waals surface area contributed by atoms with Gasteiger partial charge in [-0.1, -0.05) is 17.2 Å². The van der Waals surface area contributed by atoms with Gasteiger partial charge in [-0.05, 0) is 25.1 Å². The van der Waals surface area contributed by atoms with Crippen LogP contribution in [-0.2, 0) is 0 Å². The van der Waals surface area contributed by atoms with E-state index >= 15 is 0 Å². The highest BCUT2D eigenvalue weighted by atomic mass is 16.5. The Bertz CT molecular complexity index is 728. The van der Waals surface area contributed by atoms with Crippen molar-refractivity contribution in [3.8, 4) is 23.5 Å². The Morgan fingerprint density at radius 3 is 3.28 bits per heavy atom. The van der Waals surface area contributed by atoms with Gasteiger partial charge >= 0.3 is 5.97 Å². The van der Waals surface area contributed by atoms with Crippen LogP contribution in [0.15, 0.2) is 24.3 Å². The van der Waals surface area contributed by atoms with Gasteiger partial charge in [0.15, 0.2) is 0 Å². The van der Waals surface area contributed by atoms with Crippen molar-refractivity contribution in [2.75, 3.05) is 0 Å². The number of carboxylic acids is 1. The first-order valence-corrected chi connectivity index (χ1v) is 4.80. The molecule has 1 aromatic heterocycles. The normalized spacial score (nSPS) is 12.6. The van der Waals surface area contributed by atoms with Crippen LogP contribution in [0.4, 0.5) is 0 Å². The van der Waals surface area contributed by atoms with Crippen molar-refractivity contribution in [3.05, 3.63) is 35.5 Å². The van der Waals surface area contributed by atoms with Crippen molar-refractivity contribution in [1.82, 2.24) is 15.4 Å². The maximum absolute atomic E-state index is 10.9. The number of carbonyl (C=O) groups is 1. The second kappa shape index (κ2) is 5.01. The number of H-pyrrole nitrogens is 1. The molecule has 6 nitrogen and oxygen atoms in total. The molecule has 0 fully saturated rings. The highest BCUT2D eigenvalue weighted by Crippen LogP contribution is 2.22. The van der Waals surface area contributed by atoms with Crippen molar-refractivity contribution in [3.63, 3.8) is 0 Å².